The van der Waals surface area contributed by atoms with Crippen molar-refractivity contribution in [1.29, 1.82) is 0 Å². The molecule has 4 heteroatoms. The lowest BCUT2D eigenvalue weighted by Crippen LogP contribution is -2.24. The maximum Gasteiger partial charge on any atom is 0.231 e. The van der Waals surface area contributed by atoms with E-state index < -0.39 is 0 Å². The highest BCUT2D eigenvalue weighted by Crippen LogP contribution is 2.19. The standard InChI is InChI=1S/C12H15N3O/c1-8-11(3-2-6-14-8)15-12(16)9-4-5-10(13)7-9/h2-6,9-10H,7,13H2,1H3,(H,15,16). The summed E-state index contributed by atoms with van der Waals surface area (Å²) in [5.74, 6) is -0.130. The molecule has 16 heavy (non-hydrogen) atoms. The number of rotatable bonds is 2. The summed E-state index contributed by atoms with van der Waals surface area (Å²) in [4.78, 5) is 16.0. The molecule has 1 amide bonds. The first-order valence-corrected chi connectivity index (χ1v) is 5.33. The van der Waals surface area contributed by atoms with Crippen molar-refractivity contribution in [1.82, 2.24) is 4.98 Å². The number of nitrogens with two attached hydrogens (primary N) is 1. The lowest BCUT2D eigenvalue weighted by atomic mass is 10.1. The first-order chi connectivity index (χ1) is 7.66. The van der Waals surface area contributed by atoms with Crippen LogP contribution >= 0.6 is 0 Å². The highest BCUT2D eigenvalue weighted by molar-refractivity contribution is 5.94. The van der Waals surface area contributed by atoms with E-state index in [9.17, 15) is 4.79 Å². The van der Waals surface area contributed by atoms with Gasteiger partial charge in [-0.1, -0.05) is 12.2 Å². The first-order valence-electron chi connectivity index (χ1n) is 5.33. The molecule has 1 aliphatic rings. The SMILES string of the molecule is Cc1ncccc1NC(=O)C1C=CC(N)C1. The lowest BCUT2D eigenvalue weighted by Gasteiger charge is -2.11. The number of pyridine rings is 1. The van der Waals surface area contributed by atoms with Gasteiger partial charge in [0, 0.05) is 12.2 Å². The van der Waals surface area contributed by atoms with E-state index >= 15 is 0 Å². The van der Waals surface area contributed by atoms with Crippen LogP contribution in [0.25, 0.3) is 0 Å². The Morgan fingerprint density at radius 2 is 2.38 bits per heavy atom. The summed E-state index contributed by atoms with van der Waals surface area (Å²) in [6.45, 7) is 1.87. The third-order valence-corrected chi connectivity index (χ3v) is 2.72. The van der Waals surface area contributed by atoms with E-state index in [0.717, 1.165) is 11.4 Å². The average molecular weight is 217 g/mol. The molecule has 2 atom stereocenters. The van der Waals surface area contributed by atoms with E-state index in [-0.39, 0.29) is 17.9 Å². The molecule has 2 unspecified atom stereocenters. The number of aromatic nitrogens is 1. The Morgan fingerprint density at radius 3 is 3.00 bits per heavy atom. The monoisotopic (exact) mass is 217 g/mol. The predicted octanol–water partition coefficient (Wildman–Crippen LogP) is 1.23. The van der Waals surface area contributed by atoms with Crippen molar-refractivity contribution in [3.8, 4) is 0 Å². The second-order valence-corrected chi connectivity index (χ2v) is 4.02. The fraction of sp³-hybridized carbons (Fsp3) is 0.333. The number of hydrogen-bond acceptors (Lipinski definition) is 3. The van der Waals surface area contributed by atoms with E-state index in [1.54, 1.807) is 12.3 Å². The number of aryl methyl sites for hydroxylation is 1. The molecular weight excluding hydrogens is 202 g/mol. The molecule has 0 radical (unpaired) electrons. The van der Waals surface area contributed by atoms with Crippen LogP contribution in [0.3, 0.4) is 0 Å². The third kappa shape index (κ3) is 2.28. The smallest absolute Gasteiger partial charge is 0.231 e. The molecule has 0 saturated heterocycles. The second kappa shape index (κ2) is 4.45. The van der Waals surface area contributed by atoms with Gasteiger partial charge in [-0.2, -0.15) is 0 Å². The second-order valence-electron chi connectivity index (χ2n) is 4.02. The summed E-state index contributed by atoms with van der Waals surface area (Å²) in [6.07, 6.45) is 6.13. The molecule has 0 aromatic carbocycles. The third-order valence-electron chi connectivity index (χ3n) is 2.72. The fourth-order valence-electron chi connectivity index (χ4n) is 1.76. The molecule has 2 rings (SSSR count). The van der Waals surface area contributed by atoms with Gasteiger partial charge in [0.25, 0.3) is 0 Å². The average Bonchev–Trinajstić information content (AvgIpc) is 2.68. The maximum atomic E-state index is 11.9. The zero-order valence-electron chi connectivity index (χ0n) is 9.18. The Balaban J connectivity index is 2.03. The Labute approximate surface area is 94.6 Å². The molecule has 1 aromatic rings. The quantitative estimate of drug-likeness (QED) is 0.732. The van der Waals surface area contributed by atoms with Crippen LogP contribution in [0.15, 0.2) is 30.5 Å². The van der Waals surface area contributed by atoms with Crippen molar-refractivity contribution in [3.63, 3.8) is 0 Å². The van der Waals surface area contributed by atoms with Gasteiger partial charge in [-0.3, -0.25) is 9.78 Å². The Bertz CT molecular complexity index is 428. The van der Waals surface area contributed by atoms with Crippen molar-refractivity contribution in [2.24, 2.45) is 11.7 Å². The molecule has 3 N–H and O–H groups in total. The largest absolute Gasteiger partial charge is 0.324 e. The zero-order valence-corrected chi connectivity index (χ0v) is 9.18. The minimum absolute atomic E-state index is 0.00532. The molecule has 1 aromatic heterocycles. The lowest BCUT2D eigenvalue weighted by molar-refractivity contribution is -0.118. The normalized spacial score (nSPS) is 23.4. The van der Waals surface area contributed by atoms with Crippen molar-refractivity contribution < 1.29 is 4.79 Å². The fourth-order valence-corrected chi connectivity index (χ4v) is 1.76. The van der Waals surface area contributed by atoms with Gasteiger partial charge in [0.2, 0.25) is 5.91 Å². The Kier molecular flexibility index (Phi) is 3.01. The zero-order chi connectivity index (χ0) is 11.5. The van der Waals surface area contributed by atoms with Crippen LogP contribution in [0.2, 0.25) is 0 Å². The minimum Gasteiger partial charge on any atom is -0.324 e. The molecule has 0 aliphatic heterocycles. The van der Waals surface area contributed by atoms with Crippen molar-refractivity contribution in [2.45, 2.75) is 19.4 Å². The van der Waals surface area contributed by atoms with Gasteiger partial charge in [0.05, 0.1) is 17.3 Å². The topological polar surface area (TPSA) is 68.0 Å². The molecule has 0 bridgehead atoms. The van der Waals surface area contributed by atoms with E-state index in [4.69, 9.17) is 5.73 Å². The molecule has 1 heterocycles. The molecule has 1 aliphatic carbocycles. The molecule has 4 nitrogen and oxygen atoms in total. The highest BCUT2D eigenvalue weighted by atomic mass is 16.1. The number of hydrogen-bond donors (Lipinski definition) is 2. The van der Waals surface area contributed by atoms with Gasteiger partial charge in [-0.05, 0) is 25.5 Å². The maximum absolute atomic E-state index is 11.9. The van der Waals surface area contributed by atoms with E-state index in [1.807, 2.05) is 25.1 Å². The Morgan fingerprint density at radius 1 is 1.56 bits per heavy atom. The summed E-state index contributed by atoms with van der Waals surface area (Å²) >= 11 is 0. The van der Waals surface area contributed by atoms with Gasteiger partial charge in [-0.25, -0.2) is 0 Å². The van der Waals surface area contributed by atoms with Crippen molar-refractivity contribution in [3.05, 3.63) is 36.2 Å². The number of amides is 1. The van der Waals surface area contributed by atoms with Gasteiger partial charge in [-0.15, -0.1) is 0 Å². The van der Waals surface area contributed by atoms with E-state index in [0.29, 0.717) is 6.42 Å². The summed E-state index contributed by atoms with van der Waals surface area (Å²) in [6, 6.07) is 3.66. The number of carbonyl (C=O) groups is 1. The van der Waals surface area contributed by atoms with Gasteiger partial charge in [0.1, 0.15) is 0 Å². The van der Waals surface area contributed by atoms with Gasteiger partial charge >= 0.3 is 0 Å². The van der Waals surface area contributed by atoms with Gasteiger partial charge < -0.3 is 11.1 Å². The molecule has 84 valence electrons. The van der Waals surface area contributed by atoms with Gasteiger partial charge in [0.15, 0.2) is 0 Å². The first kappa shape index (κ1) is 10.8. The molecule has 0 fully saturated rings. The van der Waals surface area contributed by atoms with E-state index in [1.165, 1.54) is 0 Å². The number of anilines is 1. The minimum atomic E-state index is -0.116. The molecule has 0 saturated carbocycles. The summed E-state index contributed by atoms with van der Waals surface area (Å²) in [7, 11) is 0. The number of nitrogens with one attached hydrogen (secondary N) is 1. The van der Waals surface area contributed by atoms with Crippen LogP contribution in [0, 0.1) is 12.8 Å². The number of carbonyl (C=O) groups excluding carboxylic acids is 1. The van der Waals surface area contributed by atoms with E-state index in [2.05, 4.69) is 10.3 Å². The van der Waals surface area contributed by atoms with Crippen LogP contribution in [-0.2, 0) is 4.79 Å². The van der Waals surface area contributed by atoms with Crippen LogP contribution in [0.1, 0.15) is 12.1 Å². The summed E-state index contributed by atoms with van der Waals surface area (Å²) < 4.78 is 0. The highest BCUT2D eigenvalue weighted by Gasteiger charge is 2.22. The summed E-state index contributed by atoms with van der Waals surface area (Å²) in [5.41, 5.74) is 7.29. The van der Waals surface area contributed by atoms with Crippen molar-refractivity contribution >= 4 is 11.6 Å². The van der Waals surface area contributed by atoms with Crippen molar-refractivity contribution in [2.75, 3.05) is 5.32 Å². The van der Waals surface area contributed by atoms with Crippen LogP contribution in [0.4, 0.5) is 5.69 Å². The predicted molar refractivity (Wildman–Crippen MR) is 62.8 cm³/mol. The van der Waals surface area contributed by atoms with Crippen LogP contribution in [0.5, 0.6) is 0 Å². The Hall–Kier alpha value is -1.68. The molecular formula is C12H15N3O. The summed E-state index contributed by atoms with van der Waals surface area (Å²) in [5, 5.41) is 2.86. The number of nitrogens with zero attached hydrogens (tertiary/aromatic N) is 1. The molecule has 0 spiro atoms. The van der Waals surface area contributed by atoms with Crippen LogP contribution in [-0.4, -0.2) is 16.9 Å². The van der Waals surface area contributed by atoms with Crippen LogP contribution < -0.4 is 11.1 Å².